The van der Waals surface area contributed by atoms with Crippen molar-refractivity contribution in [1.82, 2.24) is 9.97 Å². The van der Waals surface area contributed by atoms with Crippen LogP contribution < -0.4 is 15.4 Å². The Hall–Kier alpha value is -1.17. The Kier molecular flexibility index (Phi) is 5.57. The third-order valence-electron chi connectivity index (χ3n) is 3.07. The number of aromatic nitrogens is 2. The van der Waals surface area contributed by atoms with Crippen molar-refractivity contribution in [2.75, 3.05) is 36.6 Å². The summed E-state index contributed by atoms with van der Waals surface area (Å²) in [7, 11) is 1.66. The first-order chi connectivity index (χ1) is 9.35. The van der Waals surface area contributed by atoms with Gasteiger partial charge in [-0.05, 0) is 25.0 Å². The highest BCUT2D eigenvalue weighted by molar-refractivity contribution is 8.00. The predicted molar refractivity (Wildman–Crippen MR) is 81.3 cm³/mol. The highest BCUT2D eigenvalue weighted by Crippen LogP contribution is 2.31. The lowest BCUT2D eigenvalue weighted by atomic mass is 10.2. The summed E-state index contributed by atoms with van der Waals surface area (Å²) < 4.78 is 5.43. The minimum absolute atomic E-state index is 0.687. The smallest absolute Gasteiger partial charge is 0.204 e. The van der Waals surface area contributed by atoms with Crippen molar-refractivity contribution in [3.05, 3.63) is 6.33 Å². The van der Waals surface area contributed by atoms with E-state index in [1.165, 1.54) is 18.6 Å². The molecule has 1 fully saturated rings. The van der Waals surface area contributed by atoms with Crippen LogP contribution >= 0.6 is 11.8 Å². The quantitative estimate of drug-likeness (QED) is 0.801. The van der Waals surface area contributed by atoms with Crippen molar-refractivity contribution in [3.63, 3.8) is 0 Å². The first-order valence-corrected chi connectivity index (χ1v) is 7.88. The van der Waals surface area contributed by atoms with E-state index in [4.69, 9.17) is 4.74 Å². The van der Waals surface area contributed by atoms with Gasteiger partial charge in [0.2, 0.25) is 5.75 Å². The predicted octanol–water partition coefficient (Wildman–Crippen LogP) is 2.61. The van der Waals surface area contributed by atoms with Gasteiger partial charge in [0, 0.05) is 18.3 Å². The lowest BCUT2D eigenvalue weighted by molar-refractivity contribution is 0.414. The first-order valence-electron chi connectivity index (χ1n) is 6.83. The minimum atomic E-state index is 0.687. The highest BCUT2D eigenvalue weighted by Gasteiger charge is 2.17. The molecule has 1 aliphatic rings. The Morgan fingerprint density at radius 2 is 2.16 bits per heavy atom. The lowest BCUT2D eigenvalue weighted by Crippen LogP contribution is -2.16. The maximum Gasteiger partial charge on any atom is 0.204 e. The van der Waals surface area contributed by atoms with Gasteiger partial charge in [0.1, 0.15) is 6.33 Å². The summed E-state index contributed by atoms with van der Waals surface area (Å²) in [5.74, 6) is 3.53. The van der Waals surface area contributed by atoms with Gasteiger partial charge < -0.3 is 15.4 Å². The molecule has 0 spiro atoms. The highest BCUT2D eigenvalue weighted by atomic mass is 32.2. The van der Waals surface area contributed by atoms with Crippen LogP contribution in [0.2, 0.25) is 0 Å². The van der Waals surface area contributed by atoms with Gasteiger partial charge in [-0.2, -0.15) is 11.8 Å². The van der Waals surface area contributed by atoms with Crippen molar-refractivity contribution in [1.29, 1.82) is 0 Å². The number of methoxy groups -OCH3 is 1. The van der Waals surface area contributed by atoms with E-state index >= 15 is 0 Å². The van der Waals surface area contributed by atoms with Gasteiger partial charge >= 0.3 is 0 Å². The molecular weight excluding hydrogens is 260 g/mol. The molecule has 5 nitrogen and oxygen atoms in total. The number of thioether (sulfide) groups is 1. The van der Waals surface area contributed by atoms with Crippen molar-refractivity contribution >= 4 is 23.4 Å². The van der Waals surface area contributed by atoms with Crippen LogP contribution in [0.4, 0.5) is 11.6 Å². The van der Waals surface area contributed by atoms with E-state index in [1.807, 2.05) is 11.8 Å². The molecule has 19 heavy (non-hydrogen) atoms. The van der Waals surface area contributed by atoms with Crippen molar-refractivity contribution in [2.24, 2.45) is 0 Å². The van der Waals surface area contributed by atoms with E-state index in [0.29, 0.717) is 11.0 Å². The van der Waals surface area contributed by atoms with Gasteiger partial charge in [-0.3, -0.25) is 0 Å². The average Bonchev–Trinajstić information content (AvgIpc) is 2.96. The molecule has 6 heteroatoms. The molecule has 106 valence electrons. The summed E-state index contributed by atoms with van der Waals surface area (Å²) >= 11 is 2.03. The number of rotatable bonds is 7. The summed E-state index contributed by atoms with van der Waals surface area (Å²) in [6.07, 6.45) is 5.23. The Balaban J connectivity index is 2.01. The second-order valence-electron chi connectivity index (χ2n) is 4.55. The van der Waals surface area contributed by atoms with E-state index in [2.05, 4.69) is 27.5 Å². The third-order valence-corrected chi connectivity index (χ3v) is 4.47. The van der Waals surface area contributed by atoms with Crippen molar-refractivity contribution in [3.8, 4) is 5.75 Å². The molecule has 2 heterocycles. The van der Waals surface area contributed by atoms with Crippen LogP contribution in [0.5, 0.6) is 5.75 Å². The first kappa shape index (κ1) is 14.2. The van der Waals surface area contributed by atoms with E-state index in [1.54, 1.807) is 13.4 Å². The van der Waals surface area contributed by atoms with Crippen LogP contribution in [0.15, 0.2) is 6.33 Å². The zero-order chi connectivity index (χ0) is 13.5. The molecule has 1 atom stereocenters. The van der Waals surface area contributed by atoms with Gasteiger partial charge in [0.25, 0.3) is 0 Å². The van der Waals surface area contributed by atoms with Crippen molar-refractivity contribution < 1.29 is 4.74 Å². The molecule has 1 aromatic heterocycles. The zero-order valence-corrected chi connectivity index (χ0v) is 12.4. The van der Waals surface area contributed by atoms with Crippen LogP contribution in [0.25, 0.3) is 0 Å². The zero-order valence-electron chi connectivity index (χ0n) is 11.6. The SMILES string of the molecule is CCCNc1ncnc(NCC2CCCS2)c1OC. The largest absolute Gasteiger partial charge is 0.490 e. The Labute approximate surface area is 118 Å². The number of hydrogen-bond acceptors (Lipinski definition) is 6. The molecule has 0 bridgehead atoms. The topological polar surface area (TPSA) is 59.1 Å². The fourth-order valence-corrected chi connectivity index (χ4v) is 3.28. The van der Waals surface area contributed by atoms with Gasteiger partial charge in [-0.25, -0.2) is 9.97 Å². The fraction of sp³-hybridized carbons (Fsp3) is 0.692. The molecule has 1 aromatic rings. The van der Waals surface area contributed by atoms with E-state index in [9.17, 15) is 0 Å². The normalized spacial score (nSPS) is 18.3. The van der Waals surface area contributed by atoms with E-state index in [-0.39, 0.29) is 0 Å². The summed E-state index contributed by atoms with van der Waals surface area (Å²) in [6.45, 7) is 3.94. The summed E-state index contributed by atoms with van der Waals surface area (Å²) in [6, 6.07) is 0. The minimum Gasteiger partial charge on any atom is -0.490 e. The van der Waals surface area contributed by atoms with Gasteiger partial charge in [-0.15, -0.1) is 0 Å². The molecule has 0 aliphatic carbocycles. The summed E-state index contributed by atoms with van der Waals surface area (Å²) in [5.41, 5.74) is 0. The Morgan fingerprint density at radius 1 is 1.37 bits per heavy atom. The Morgan fingerprint density at radius 3 is 2.79 bits per heavy atom. The molecule has 2 N–H and O–H groups in total. The molecule has 0 saturated carbocycles. The van der Waals surface area contributed by atoms with Crippen LogP contribution in [-0.2, 0) is 0 Å². The van der Waals surface area contributed by atoms with Gasteiger partial charge in [0.15, 0.2) is 11.6 Å². The molecular formula is C13H22N4OS. The molecule has 1 aliphatic heterocycles. The number of anilines is 2. The standard InChI is InChI=1S/C13H22N4OS/c1-3-6-14-12-11(18-2)13(17-9-16-12)15-8-10-5-4-7-19-10/h9-10H,3-8H2,1-2H3,(H2,14,15,16,17). The number of nitrogens with one attached hydrogen (secondary N) is 2. The number of nitrogens with zero attached hydrogens (tertiary/aromatic N) is 2. The second kappa shape index (κ2) is 7.43. The summed E-state index contributed by atoms with van der Waals surface area (Å²) in [4.78, 5) is 8.52. The fourth-order valence-electron chi connectivity index (χ4n) is 2.08. The lowest BCUT2D eigenvalue weighted by Gasteiger charge is -2.15. The number of hydrogen-bond donors (Lipinski definition) is 2. The van der Waals surface area contributed by atoms with E-state index < -0.39 is 0 Å². The Bertz CT molecular complexity index is 396. The van der Waals surface area contributed by atoms with Crippen LogP contribution in [0, 0.1) is 0 Å². The monoisotopic (exact) mass is 282 g/mol. The van der Waals surface area contributed by atoms with Gasteiger partial charge in [-0.1, -0.05) is 6.92 Å². The molecule has 2 rings (SSSR count). The van der Waals surface area contributed by atoms with Gasteiger partial charge in [0.05, 0.1) is 7.11 Å². The molecule has 0 radical (unpaired) electrons. The molecule has 1 saturated heterocycles. The van der Waals surface area contributed by atoms with Crippen LogP contribution in [0.3, 0.4) is 0 Å². The number of ether oxygens (including phenoxy) is 1. The third kappa shape index (κ3) is 3.89. The average molecular weight is 282 g/mol. The maximum absolute atomic E-state index is 5.43. The maximum atomic E-state index is 5.43. The van der Waals surface area contributed by atoms with Crippen LogP contribution in [-0.4, -0.2) is 41.2 Å². The second-order valence-corrected chi connectivity index (χ2v) is 5.96. The molecule has 0 amide bonds. The molecule has 1 unspecified atom stereocenters. The van der Waals surface area contributed by atoms with E-state index in [0.717, 1.165) is 31.1 Å². The van der Waals surface area contributed by atoms with Crippen molar-refractivity contribution in [2.45, 2.75) is 31.4 Å². The molecule has 0 aromatic carbocycles. The summed E-state index contributed by atoms with van der Waals surface area (Å²) in [5, 5.41) is 7.33. The van der Waals surface area contributed by atoms with Crippen LogP contribution in [0.1, 0.15) is 26.2 Å².